The lowest BCUT2D eigenvalue weighted by Gasteiger charge is -2.12. The van der Waals surface area contributed by atoms with E-state index in [0.717, 1.165) is 45.0 Å². The smallest absolute Gasteiger partial charge is 0.137 e. The van der Waals surface area contributed by atoms with Gasteiger partial charge in [0.2, 0.25) is 0 Å². The second-order valence-corrected chi connectivity index (χ2v) is 12.2. The molecule has 0 atom stereocenters. The van der Waals surface area contributed by atoms with E-state index < -0.39 is 0 Å². The molecule has 4 aromatic carbocycles. The average molecular weight is 599 g/mol. The van der Waals surface area contributed by atoms with Gasteiger partial charge in [-0.1, -0.05) is 24.3 Å². The fourth-order valence-corrected chi connectivity index (χ4v) is 7.19. The Balaban J connectivity index is 1.25. The summed E-state index contributed by atoms with van der Waals surface area (Å²) in [7, 11) is 0. The van der Waals surface area contributed by atoms with Crippen molar-refractivity contribution in [2.75, 3.05) is 12.5 Å². The number of para-hydroxylation sites is 1. The molecule has 0 aliphatic rings. The molecule has 7 heteroatoms. The number of rotatable bonds is 7. The van der Waals surface area contributed by atoms with Crippen LogP contribution < -0.4 is 4.74 Å². The second-order valence-electron chi connectivity index (χ2n) is 10.5. The minimum atomic E-state index is 0.746. The number of hydrogen-bond donors (Lipinski definition) is 0. The number of benzene rings is 4. The van der Waals surface area contributed by atoms with Crippen molar-refractivity contribution in [3.8, 4) is 34.1 Å². The third kappa shape index (κ3) is 5.09. The number of ether oxygens (including phenoxy) is 1. The first-order valence-corrected chi connectivity index (χ1v) is 16.5. The molecule has 0 bridgehead atoms. The molecule has 0 aliphatic heterocycles. The normalized spacial score (nSPS) is 11.4. The minimum Gasteiger partial charge on any atom is -0.457 e. The highest BCUT2D eigenvalue weighted by molar-refractivity contribution is 7.99. The van der Waals surface area contributed by atoms with E-state index in [0.29, 0.717) is 0 Å². The van der Waals surface area contributed by atoms with E-state index in [2.05, 4.69) is 91.7 Å². The number of pyridine rings is 1. The van der Waals surface area contributed by atoms with Crippen molar-refractivity contribution in [2.24, 2.45) is 0 Å². The first-order chi connectivity index (χ1) is 21.0. The molecule has 3 heterocycles. The Hall–Kier alpha value is -4.46. The van der Waals surface area contributed by atoms with E-state index in [-0.39, 0.29) is 0 Å². The largest absolute Gasteiger partial charge is 0.457 e. The highest BCUT2D eigenvalue weighted by Crippen LogP contribution is 2.39. The zero-order valence-corrected chi connectivity index (χ0v) is 26.0. The molecule has 0 unspecified atom stereocenters. The molecule has 0 spiro atoms. The van der Waals surface area contributed by atoms with Crippen molar-refractivity contribution in [1.82, 2.24) is 19.3 Å². The van der Waals surface area contributed by atoms with Crippen LogP contribution in [-0.2, 0) is 0 Å². The van der Waals surface area contributed by atoms with Gasteiger partial charge in [0.1, 0.15) is 17.3 Å². The second kappa shape index (κ2) is 11.3. The van der Waals surface area contributed by atoms with Crippen LogP contribution in [0, 0.1) is 13.8 Å². The Morgan fingerprint density at radius 2 is 1.47 bits per heavy atom. The quantitative estimate of drug-likeness (QED) is 0.171. The molecule has 0 saturated carbocycles. The topological polar surface area (TPSA) is 44.9 Å². The monoisotopic (exact) mass is 598 g/mol. The van der Waals surface area contributed by atoms with Crippen molar-refractivity contribution < 1.29 is 4.74 Å². The summed E-state index contributed by atoms with van der Waals surface area (Å²) >= 11 is 3.54. The van der Waals surface area contributed by atoms with Crippen molar-refractivity contribution in [3.05, 3.63) is 121 Å². The Bertz CT molecular complexity index is 2100. The molecule has 0 saturated heterocycles. The summed E-state index contributed by atoms with van der Waals surface area (Å²) in [5, 5.41) is 7.08. The third-order valence-corrected chi connectivity index (χ3v) is 9.14. The molecular formula is C36H30N4OS2. The minimum absolute atomic E-state index is 0.746. The average Bonchev–Trinajstić information content (AvgIpc) is 3.64. The molecule has 7 aromatic rings. The summed E-state index contributed by atoms with van der Waals surface area (Å²) < 4.78 is 10.6. The lowest BCUT2D eigenvalue weighted by molar-refractivity contribution is 0.483. The first-order valence-electron chi connectivity index (χ1n) is 14.0. The molecule has 43 heavy (non-hydrogen) atoms. The van der Waals surface area contributed by atoms with Gasteiger partial charge in [0.15, 0.2) is 0 Å². The van der Waals surface area contributed by atoms with E-state index in [1.54, 1.807) is 23.5 Å². The molecule has 0 aliphatic carbocycles. The van der Waals surface area contributed by atoms with Gasteiger partial charge < -0.3 is 4.74 Å². The van der Waals surface area contributed by atoms with Crippen molar-refractivity contribution in [3.63, 3.8) is 0 Å². The summed E-state index contributed by atoms with van der Waals surface area (Å²) in [6.45, 7) is 4.24. The molecule has 3 aromatic heterocycles. The summed E-state index contributed by atoms with van der Waals surface area (Å²) in [5.74, 6) is 2.40. The third-order valence-electron chi connectivity index (χ3n) is 7.61. The summed E-state index contributed by atoms with van der Waals surface area (Å²) in [5.41, 5.74) is 7.87. The van der Waals surface area contributed by atoms with Crippen LogP contribution in [0.5, 0.6) is 11.5 Å². The molecule has 0 radical (unpaired) electrons. The molecule has 0 N–H and O–H groups in total. The maximum atomic E-state index is 6.46. The molecule has 212 valence electrons. The maximum absolute atomic E-state index is 6.46. The number of aromatic nitrogens is 4. The number of thioether (sulfide) groups is 2. The Morgan fingerprint density at radius 1 is 0.698 bits per heavy atom. The Morgan fingerprint density at radius 3 is 2.26 bits per heavy atom. The van der Waals surface area contributed by atoms with Crippen LogP contribution in [0.15, 0.2) is 119 Å². The Labute approximate surface area is 259 Å². The molecule has 5 nitrogen and oxygen atoms in total. The van der Waals surface area contributed by atoms with Gasteiger partial charge in [0.25, 0.3) is 0 Å². The van der Waals surface area contributed by atoms with Crippen LogP contribution in [0.3, 0.4) is 0 Å². The predicted molar refractivity (Wildman–Crippen MR) is 181 cm³/mol. The van der Waals surface area contributed by atoms with Crippen LogP contribution >= 0.6 is 23.5 Å². The number of fused-ring (bicyclic) bond motifs is 3. The van der Waals surface area contributed by atoms with E-state index in [1.165, 1.54) is 31.9 Å². The van der Waals surface area contributed by atoms with Crippen molar-refractivity contribution >= 4 is 45.3 Å². The maximum Gasteiger partial charge on any atom is 0.137 e. The molecule has 0 amide bonds. The van der Waals surface area contributed by atoms with Crippen molar-refractivity contribution in [1.29, 1.82) is 0 Å². The van der Waals surface area contributed by atoms with Gasteiger partial charge in [-0.15, -0.1) is 23.5 Å². The van der Waals surface area contributed by atoms with Gasteiger partial charge in [-0.25, -0.2) is 9.67 Å². The van der Waals surface area contributed by atoms with Gasteiger partial charge in [0, 0.05) is 56.2 Å². The standard InChI is InChI=1S/C36H30N4OS2/c1-23-14-15-37-35(18-23)40-31-11-6-5-10-29(31)30-13-12-28(20-32(30)40)41-27-9-7-8-26(19-27)39-22-25(21-38-39)36-33(42-3)16-24(2)17-34(36)43-4/h5-22H,1-4H3. The summed E-state index contributed by atoms with van der Waals surface area (Å²) in [4.78, 5) is 7.22. The van der Waals surface area contributed by atoms with E-state index in [4.69, 9.17) is 14.8 Å². The van der Waals surface area contributed by atoms with Crippen molar-refractivity contribution in [2.45, 2.75) is 23.6 Å². The fraction of sp³-hybridized carbons (Fsp3) is 0.111. The van der Waals surface area contributed by atoms with Crippen LogP contribution in [0.4, 0.5) is 0 Å². The van der Waals surface area contributed by atoms with Gasteiger partial charge in [-0.3, -0.25) is 4.57 Å². The zero-order valence-electron chi connectivity index (χ0n) is 24.4. The highest BCUT2D eigenvalue weighted by Gasteiger charge is 2.16. The summed E-state index contributed by atoms with van der Waals surface area (Å²) in [6.07, 6.45) is 10.2. The number of aryl methyl sites for hydroxylation is 2. The Kier molecular flexibility index (Phi) is 7.21. The van der Waals surface area contributed by atoms with E-state index in [9.17, 15) is 0 Å². The van der Waals surface area contributed by atoms with Gasteiger partial charge in [0.05, 0.1) is 22.9 Å². The SMILES string of the molecule is CSc1cc(C)cc(SC)c1-c1cnn(-c2cccc(Oc3ccc4c5ccccc5n(-c5cc(C)ccn5)c4c3)c2)c1. The van der Waals surface area contributed by atoms with E-state index >= 15 is 0 Å². The van der Waals surface area contributed by atoms with Gasteiger partial charge in [-0.2, -0.15) is 5.10 Å². The molecule has 0 fully saturated rings. The number of nitrogens with zero attached hydrogens (tertiary/aromatic N) is 4. The van der Waals surface area contributed by atoms with Gasteiger partial charge >= 0.3 is 0 Å². The lowest BCUT2D eigenvalue weighted by atomic mass is 10.1. The first kappa shape index (κ1) is 27.4. The zero-order chi connectivity index (χ0) is 29.5. The molecule has 7 rings (SSSR count). The lowest BCUT2D eigenvalue weighted by Crippen LogP contribution is -1.97. The number of hydrogen-bond acceptors (Lipinski definition) is 5. The fourth-order valence-electron chi connectivity index (χ4n) is 5.65. The summed E-state index contributed by atoms with van der Waals surface area (Å²) in [6, 6.07) is 31.4. The van der Waals surface area contributed by atoms with E-state index in [1.807, 2.05) is 53.5 Å². The van der Waals surface area contributed by atoms with Crippen LogP contribution in [-0.4, -0.2) is 31.8 Å². The predicted octanol–water partition coefficient (Wildman–Crippen LogP) is 9.88. The molecular weight excluding hydrogens is 569 g/mol. The van der Waals surface area contributed by atoms with Crippen LogP contribution in [0.1, 0.15) is 11.1 Å². The highest BCUT2D eigenvalue weighted by atomic mass is 32.2. The van der Waals surface area contributed by atoms with Crippen LogP contribution in [0.2, 0.25) is 0 Å². The van der Waals surface area contributed by atoms with Gasteiger partial charge in [-0.05, 0) is 92.1 Å². The van der Waals surface area contributed by atoms with Crippen LogP contribution in [0.25, 0.3) is 44.4 Å².